The number of imidazole rings is 1. The van der Waals surface area contributed by atoms with Gasteiger partial charge in [0.15, 0.2) is 0 Å². The van der Waals surface area contributed by atoms with Crippen LogP contribution in [0, 0.1) is 11.8 Å². The molecule has 2 aliphatic heterocycles. The lowest BCUT2D eigenvalue weighted by molar-refractivity contribution is -0.143. The molecular formula is C80H109N19O17. The van der Waals surface area contributed by atoms with Gasteiger partial charge in [-0.2, -0.15) is 0 Å². The number of carbonyl (C=O) groups is 15. The van der Waals surface area contributed by atoms with Gasteiger partial charge >= 0.3 is 5.97 Å². The fraction of sp³-hybridized carbons (Fsp3) is 0.500. The number of H-pyrrole nitrogens is 3. The van der Waals surface area contributed by atoms with Crippen molar-refractivity contribution >= 4 is 110 Å². The van der Waals surface area contributed by atoms with E-state index in [4.69, 9.17) is 17.2 Å². The number of carbonyl (C=O) groups excluding carboxylic acids is 14. The molecule has 14 amide bonds. The normalized spacial score (nSPS) is 16.6. The summed E-state index contributed by atoms with van der Waals surface area (Å²) in [6.07, 6.45) is 6.68. The lowest BCUT2D eigenvalue weighted by Gasteiger charge is -2.30. The Kier molecular flexibility index (Phi) is 32.9. The number of nitrogens with one attached hydrogen (secondary N) is 13. The van der Waals surface area contributed by atoms with E-state index in [0.29, 0.717) is 42.5 Å². The molecule has 12 atom stereocenters. The van der Waals surface area contributed by atoms with Crippen molar-refractivity contribution in [2.24, 2.45) is 29.0 Å². The predicted molar refractivity (Wildman–Crippen MR) is 425 cm³/mol. The summed E-state index contributed by atoms with van der Waals surface area (Å²) in [5.41, 5.74) is 21.4. The zero-order valence-corrected chi connectivity index (χ0v) is 66.1. The molecule has 0 unspecified atom stereocenters. The summed E-state index contributed by atoms with van der Waals surface area (Å²) in [5.74, 6) is -13.2. The molecule has 2 aliphatic rings. The van der Waals surface area contributed by atoms with Crippen molar-refractivity contribution in [1.82, 2.24) is 82.9 Å². The number of amides is 14. The van der Waals surface area contributed by atoms with E-state index in [1.165, 1.54) is 47.3 Å². The van der Waals surface area contributed by atoms with Crippen LogP contribution in [0.1, 0.15) is 147 Å². The maximum absolute atomic E-state index is 15.0. The highest BCUT2D eigenvalue weighted by atomic mass is 16.4. The molecule has 0 spiro atoms. The van der Waals surface area contributed by atoms with Crippen LogP contribution in [0.15, 0.2) is 97.7 Å². The smallest absolute Gasteiger partial charge is 0.326 e. The van der Waals surface area contributed by atoms with Crippen LogP contribution >= 0.6 is 0 Å². The highest BCUT2D eigenvalue weighted by molar-refractivity contribution is 6.00. The van der Waals surface area contributed by atoms with E-state index in [-0.39, 0.29) is 108 Å². The quantitative estimate of drug-likeness (QED) is 0.0240. The van der Waals surface area contributed by atoms with Crippen LogP contribution in [0.5, 0.6) is 5.75 Å². The fourth-order valence-corrected chi connectivity index (χ4v) is 14.3. The molecule has 3 aromatic carbocycles. The summed E-state index contributed by atoms with van der Waals surface area (Å²) in [6.45, 7) is 9.66. The van der Waals surface area contributed by atoms with Crippen LogP contribution in [0.2, 0.25) is 0 Å². The molecule has 0 bridgehead atoms. The first-order chi connectivity index (χ1) is 55.3. The van der Waals surface area contributed by atoms with E-state index in [1.54, 1.807) is 52.4 Å². The highest BCUT2D eigenvalue weighted by Crippen LogP contribution is 2.25. The summed E-state index contributed by atoms with van der Waals surface area (Å²) < 4.78 is 0. The molecular weight excluding hydrogens is 1500 g/mol. The Morgan fingerprint density at radius 1 is 0.509 bits per heavy atom. The lowest BCUT2D eigenvalue weighted by atomic mass is 9.99. The first-order valence-electron chi connectivity index (χ1n) is 39.3. The van der Waals surface area contributed by atoms with E-state index in [2.05, 4.69) is 73.1 Å². The van der Waals surface area contributed by atoms with Crippen LogP contribution in [0.25, 0.3) is 21.8 Å². The van der Waals surface area contributed by atoms with E-state index in [1.807, 2.05) is 49.4 Å². The Morgan fingerprint density at radius 3 is 1.53 bits per heavy atom. The molecule has 626 valence electrons. The summed E-state index contributed by atoms with van der Waals surface area (Å²) in [6, 6.07) is 4.60. The number of para-hydroxylation sites is 2. The minimum atomic E-state index is -1.56. The van der Waals surface area contributed by atoms with Crippen molar-refractivity contribution in [2.45, 2.75) is 223 Å². The molecule has 8 rings (SSSR count). The largest absolute Gasteiger partial charge is 0.508 e. The number of likely N-dealkylation sites (tertiary alicyclic amines) is 2. The van der Waals surface area contributed by atoms with Crippen LogP contribution < -0.4 is 70.4 Å². The summed E-state index contributed by atoms with van der Waals surface area (Å²) in [4.78, 5) is 224. The van der Waals surface area contributed by atoms with Gasteiger partial charge < -0.3 is 105 Å². The number of primary amides is 2. The first kappa shape index (κ1) is 89.3. The number of fused-ring (bicyclic) bond motifs is 2. The van der Waals surface area contributed by atoms with Gasteiger partial charge in [0.2, 0.25) is 82.7 Å². The molecule has 36 nitrogen and oxygen atoms in total. The van der Waals surface area contributed by atoms with Crippen molar-refractivity contribution in [3.05, 3.63) is 120 Å². The van der Waals surface area contributed by atoms with Crippen LogP contribution in [-0.2, 0) is 97.6 Å². The number of aromatic nitrogens is 4. The second-order valence-electron chi connectivity index (χ2n) is 30.5. The van der Waals surface area contributed by atoms with Crippen LogP contribution in [0.4, 0.5) is 0 Å². The Hall–Kier alpha value is -12.2. The minimum Gasteiger partial charge on any atom is -0.508 e. The number of unbranched alkanes of at least 4 members (excludes halogenated alkanes) is 1. The zero-order chi connectivity index (χ0) is 84.4. The maximum atomic E-state index is 15.0. The number of hydrogen-bond acceptors (Lipinski definition) is 18. The number of aromatic amines is 3. The van der Waals surface area contributed by atoms with Gasteiger partial charge in [-0.15, -0.1) is 0 Å². The monoisotopic (exact) mass is 1610 g/mol. The predicted octanol–water partition coefficient (Wildman–Crippen LogP) is 0.0551. The third-order valence-corrected chi connectivity index (χ3v) is 20.4. The van der Waals surface area contributed by atoms with Crippen molar-refractivity contribution < 1.29 is 82.1 Å². The number of nitrogens with zero attached hydrogens (tertiary/aromatic N) is 3. The van der Waals surface area contributed by atoms with Crippen LogP contribution in [0.3, 0.4) is 0 Å². The molecule has 0 saturated carbocycles. The third-order valence-electron chi connectivity index (χ3n) is 20.4. The van der Waals surface area contributed by atoms with Crippen molar-refractivity contribution in [1.29, 1.82) is 0 Å². The second-order valence-corrected chi connectivity index (χ2v) is 30.5. The lowest BCUT2D eigenvalue weighted by Crippen LogP contribution is -2.60. The van der Waals surface area contributed by atoms with Gasteiger partial charge in [-0.05, 0) is 124 Å². The van der Waals surface area contributed by atoms with Gasteiger partial charge in [0.25, 0.3) is 0 Å². The zero-order valence-electron chi connectivity index (χ0n) is 66.1. The number of carboxylic acids is 1. The standard InChI is InChI=1S/C80H109N19O17/c1-7-8-17-56(70(105)97-63(80(115)116)34-46-22-24-50(100)25-23-46)92-77(112)65-21-14-31-99(65)79(114)58(27-29-67(83)102)90-68(103)41-87-76(111)64-20-13-30-98(64)78(113)45(6)89-72(107)59(32-43(2)3)94-71(106)57(26-28-66(82)101)91-73(108)60(33-44(4)5)95-74(109)61(36-48-39-86-55-19-12-10-16-52(48)55)96-75(110)62(37-49-40-84-42-88-49)93-69(104)53(81)35-47-38-85-54-18-11-9-15-51(47)54/h9-12,15-16,18-19,22-25,38-40,42-45,53,56-65,85-86,100H,7-8,13-14,17,20-21,26-37,41,81H2,1-6H3,(H2,82,101)(H2,83,102)(H,84,88)(H,87,111)(H,89,107)(H,90,103)(H,91,108)(H,92,112)(H,93,104)(H,94,106)(H,95,109)(H,96,110)(H,97,105)(H,115,116)/t45-,53+,56+,57+,58+,59+,60+,61+,62+,63+,64+,65+/m1/s1. The maximum Gasteiger partial charge on any atom is 0.326 e. The Balaban J connectivity index is 0.893. The average molecular weight is 1610 g/mol. The molecule has 6 aromatic rings. The van der Waals surface area contributed by atoms with Crippen molar-refractivity contribution in [3.8, 4) is 5.75 Å². The van der Waals surface area contributed by atoms with E-state index < -0.39 is 174 Å². The molecule has 2 fully saturated rings. The number of phenolic OH excluding ortho intramolecular Hbond substituents is 1. The van der Waals surface area contributed by atoms with E-state index >= 15 is 0 Å². The van der Waals surface area contributed by atoms with Gasteiger partial charge in [0.1, 0.15) is 72.2 Å². The number of aromatic hydroxyl groups is 1. The fourth-order valence-electron chi connectivity index (χ4n) is 14.3. The number of rotatable bonds is 44. The van der Waals surface area contributed by atoms with Crippen LogP contribution in [-0.4, -0.2) is 221 Å². The summed E-state index contributed by atoms with van der Waals surface area (Å²) in [5, 5.41) is 47.9. The first-order valence-corrected chi connectivity index (χ1v) is 39.3. The molecule has 36 heteroatoms. The Labute approximate surface area is 670 Å². The molecule has 0 aliphatic carbocycles. The molecule has 0 radical (unpaired) electrons. The van der Waals surface area contributed by atoms with Crippen molar-refractivity contribution in [2.75, 3.05) is 19.6 Å². The third kappa shape index (κ3) is 25.9. The molecule has 2 saturated heterocycles. The number of benzene rings is 3. The molecule has 21 N–H and O–H groups in total. The Morgan fingerprint density at radius 2 is 0.983 bits per heavy atom. The second kappa shape index (κ2) is 42.8. The van der Waals surface area contributed by atoms with Gasteiger partial charge in [0, 0.05) is 85.6 Å². The summed E-state index contributed by atoms with van der Waals surface area (Å²) >= 11 is 0. The van der Waals surface area contributed by atoms with Gasteiger partial charge in [-0.1, -0.05) is 96.0 Å². The summed E-state index contributed by atoms with van der Waals surface area (Å²) in [7, 11) is 0. The number of phenols is 1. The topological polar surface area (TPSA) is 562 Å². The van der Waals surface area contributed by atoms with Gasteiger partial charge in [0.05, 0.1) is 24.6 Å². The highest BCUT2D eigenvalue weighted by Gasteiger charge is 2.42. The Bertz CT molecular complexity index is 4470. The van der Waals surface area contributed by atoms with Gasteiger partial charge in [-0.25, -0.2) is 9.78 Å². The molecule has 116 heavy (non-hydrogen) atoms. The number of aliphatic carboxylic acids is 1. The number of hydrogen-bond donors (Lipinski definition) is 18. The minimum absolute atomic E-state index is 0.0168. The number of nitrogens with two attached hydrogens (primary N) is 3. The molecule has 5 heterocycles. The molecule has 3 aromatic heterocycles. The number of carboxylic acid groups (broad SMARTS) is 1. The average Bonchev–Trinajstić information content (AvgIpc) is 1.68. The SMILES string of the molecule is CCCC[C@H](NC(=O)[C@@H]1CCCN1C(=O)[C@H](CCC(N)=O)NC(=O)CNC(=O)[C@@H]1CCCN1C(=O)[C@@H](C)NC(=O)[C@H](CC(C)C)NC(=O)[C@H](CCC(N)=O)NC(=O)[C@H](CC(C)C)NC(=O)[C@H](Cc1c[nH]c2ccccc12)NC(=O)[C@H](Cc1c[nH]cn1)NC(=O)[C@@H](N)Cc1c[nH]c2ccccc12)C(=O)N[C@@H](Cc1ccc(O)cc1)C(=O)O. The van der Waals surface area contributed by atoms with E-state index in [9.17, 15) is 82.1 Å². The van der Waals surface area contributed by atoms with Gasteiger partial charge in [-0.3, -0.25) is 67.1 Å². The van der Waals surface area contributed by atoms with Crippen molar-refractivity contribution in [3.63, 3.8) is 0 Å². The van der Waals surface area contributed by atoms with E-state index in [0.717, 1.165) is 27.4 Å².